The molecule has 17 heavy (non-hydrogen) atoms. The molecular weight excluding hydrogens is 306 g/mol. The van der Waals surface area contributed by atoms with Crippen LogP contribution >= 0.6 is 15.9 Å². The van der Waals surface area contributed by atoms with Crippen molar-refractivity contribution < 1.29 is 13.2 Å². The van der Waals surface area contributed by atoms with Crippen molar-refractivity contribution in [2.75, 3.05) is 31.3 Å². The Bertz CT molecular complexity index is 302. The van der Waals surface area contributed by atoms with Crippen LogP contribution in [0.1, 0.15) is 32.1 Å². The maximum Gasteiger partial charge on any atom is 0.216 e. The lowest BCUT2D eigenvalue weighted by atomic mass is 10.2. The molecule has 1 aliphatic heterocycles. The molecule has 0 aromatic carbocycles. The molecule has 0 saturated carbocycles. The van der Waals surface area contributed by atoms with Crippen LogP contribution in [-0.2, 0) is 14.8 Å². The molecule has 1 saturated heterocycles. The van der Waals surface area contributed by atoms with E-state index in [9.17, 15) is 8.42 Å². The van der Waals surface area contributed by atoms with Gasteiger partial charge in [0, 0.05) is 25.5 Å². The fourth-order valence-corrected chi connectivity index (χ4v) is 3.67. The predicted molar refractivity (Wildman–Crippen MR) is 73.0 cm³/mol. The number of alkyl halides is 1. The molecule has 1 unspecified atom stereocenters. The summed E-state index contributed by atoms with van der Waals surface area (Å²) in [5, 5.41) is 0.985. The molecule has 0 radical (unpaired) electrons. The standard InChI is InChI=1S/C11H22BrNO3S/c1-13(8-4-2-3-7-12)17(14,15)10-11-6-5-9-16-11/h11H,2-10H2,1H3. The van der Waals surface area contributed by atoms with Gasteiger partial charge >= 0.3 is 0 Å². The largest absolute Gasteiger partial charge is 0.377 e. The van der Waals surface area contributed by atoms with E-state index in [0.717, 1.165) is 37.4 Å². The lowest BCUT2D eigenvalue weighted by Gasteiger charge is -2.19. The molecule has 102 valence electrons. The summed E-state index contributed by atoms with van der Waals surface area (Å²) in [6, 6.07) is 0. The van der Waals surface area contributed by atoms with Gasteiger partial charge in [-0.25, -0.2) is 12.7 Å². The van der Waals surface area contributed by atoms with E-state index in [0.29, 0.717) is 13.2 Å². The van der Waals surface area contributed by atoms with Crippen molar-refractivity contribution in [2.24, 2.45) is 0 Å². The number of ether oxygens (including phenoxy) is 1. The lowest BCUT2D eigenvalue weighted by molar-refractivity contribution is 0.126. The van der Waals surface area contributed by atoms with E-state index < -0.39 is 10.0 Å². The van der Waals surface area contributed by atoms with E-state index in [2.05, 4.69) is 15.9 Å². The van der Waals surface area contributed by atoms with Crippen molar-refractivity contribution in [3.63, 3.8) is 0 Å². The SMILES string of the molecule is CN(CCCCCBr)S(=O)(=O)CC1CCCO1. The topological polar surface area (TPSA) is 46.6 Å². The third kappa shape index (κ3) is 5.68. The number of nitrogens with zero attached hydrogens (tertiary/aromatic N) is 1. The van der Waals surface area contributed by atoms with Crippen LogP contribution in [0.2, 0.25) is 0 Å². The van der Waals surface area contributed by atoms with Crippen LogP contribution in [0.5, 0.6) is 0 Å². The van der Waals surface area contributed by atoms with Gasteiger partial charge in [-0.05, 0) is 25.7 Å². The first-order valence-corrected chi connectivity index (χ1v) is 8.91. The Morgan fingerprint density at radius 1 is 1.35 bits per heavy atom. The summed E-state index contributed by atoms with van der Waals surface area (Å²) in [5.41, 5.74) is 0. The summed E-state index contributed by atoms with van der Waals surface area (Å²) < 4.78 is 30.8. The molecule has 0 aromatic rings. The van der Waals surface area contributed by atoms with E-state index in [-0.39, 0.29) is 11.9 Å². The Labute approximate surface area is 113 Å². The minimum atomic E-state index is -3.13. The molecule has 1 heterocycles. The van der Waals surface area contributed by atoms with Gasteiger partial charge in [-0.15, -0.1) is 0 Å². The number of rotatable bonds is 8. The van der Waals surface area contributed by atoms with Crippen molar-refractivity contribution in [1.82, 2.24) is 4.31 Å². The average Bonchev–Trinajstić information content (AvgIpc) is 2.76. The van der Waals surface area contributed by atoms with Gasteiger partial charge in [0.15, 0.2) is 0 Å². The summed E-state index contributed by atoms with van der Waals surface area (Å²) in [6.07, 6.45) is 4.84. The Hall–Kier alpha value is 0.350. The Morgan fingerprint density at radius 3 is 2.71 bits per heavy atom. The molecule has 1 atom stereocenters. The summed E-state index contributed by atoms with van der Waals surface area (Å²) in [5.74, 6) is 0.141. The van der Waals surface area contributed by atoms with Gasteiger partial charge in [-0.1, -0.05) is 22.4 Å². The zero-order valence-corrected chi connectivity index (χ0v) is 12.8. The number of sulfonamides is 1. The second-order valence-electron chi connectivity index (χ2n) is 4.48. The van der Waals surface area contributed by atoms with Gasteiger partial charge < -0.3 is 4.74 Å². The van der Waals surface area contributed by atoms with Gasteiger partial charge in [-0.3, -0.25) is 0 Å². The highest BCUT2D eigenvalue weighted by atomic mass is 79.9. The van der Waals surface area contributed by atoms with Crippen molar-refractivity contribution in [1.29, 1.82) is 0 Å². The molecule has 0 bridgehead atoms. The smallest absolute Gasteiger partial charge is 0.216 e. The second-order valence-corrected chi connectivity index (χ2v) is 7.40. The Kier molecular flexibility index (Phi) is 6.99. The van der Waals surface area contributed by atoms with Crippen molar-refractivity contribution in [3.05, 3.63) is 0 Å². The highest BCUT2D eigenvalue weighted by molar-refractivity contribution is 9.09. The normalized spacial score (nSPS) is 21.2. The van der Waals surface area contributed by atoms with Gasteiger partial charge in [-0.2, -0.15) is 0 Å². The fourth-order valence-electron chi connectivity index (χ4n) is 1.88. The summed E-state index contributed by atoms with van der Waals surface area (Å²) in [4.78, 5) is 0. The summed E-state index contributed by atoms with van der Waals surface area (Å²) in [6.45, 7) is 1.32. The Balaban J connectivity index is 2.29. The molecule has 1 aliphatic rings. The van der Waals surface area contributed by atoms with Crippen molar-refractivity contribution in [2.45, 2.75) is 38.2 Å². The zero-order valence-electron chi connectivity index (χ0n) is 10.4. The molecule has 0 aliphatic carbocycles. The number of halogens is 1. The van der Waals surface area contributed by atoms with Crippen molar-refractivity contribution >= 4 is 26.0 Å². The van der Waals surface area contributed by atoms with Crippen LogP contribution in [0.3, 0.4) is 0 Å². The third-order valence-corrected chi connectivity index (χ3v) is 5.49. The predicted octanol–water partition coefficient (Wildman–Crippen LogP) is 1.99. The first-order valence-electron chi connectivity index (χ1n) is 6.18. The highest BCUT2D eigenvalue weighted by Crippen LogP contribution is 2.15. The van der Waals surface area contributed by atoms with Gasteiger partial charge in [0.2, 0.25) is 10.0 Å². The van der Waals surface area contributed by atoms with E-state index in [1.54, 1.807) is 7.05 Å². The van der Waals surface area contributed by atoms with Crippen LogP contribution in [-0.4, -0.2) is 50.1 Å². The molecule has 4 nitrogen and oxygen atoms in total. The van der Waals surface area contributed by atoms with Crippen LogP contribution in [0.4, 0.5) is 0 Å². The first kappa shape index (κ1) is 15.4. The number of unbranched alkanes of at least 4 members (excludes halogenated alkanes) is 2. The van der Waals surface area contributed by atoms with E-state index in [4.69, 9.17) is 4.74 Å². The molecular formula is C11H22BrNO3S. The lowest BCUT2D eigenvalue weighted by Crippen LogP contribution is -2.34. The fraction of sp³-hybridized carbons (Fsp3) is 1.00. The number of hydrogen-bond acceptors (Lipinski definition) is 3. The highest BCUT2D eigenvalue weighted by Gasteiger charge is 2.26. The van der Waals surface area contributed by atoms with E-state index >= 15 is 0 Å². The zero-order chi connectivity index (χ0) is 12.7. The number of hydrogen-bond donors (Lipinski definition) is 0. The maximum atomic E-state index is 12.0. The molecule has 0 aromatic heterocycles. The van der Waals surface area contributed by atoms with E-state index in [1.807, 2.05) is 0 Å². The molecule has 1 fully saturated rings. The maximum absolute atomic E-state index is 12.0. The quantitative estimate of drug-likeness (QED) is 0.506. The van der Waals surface area contributed by atoms with Gasteiger partial charge in [0.05, 0.1) is 11.9 Å². The molecule has 0 amide bonds. The monoisotopic (exact) mass is 327 g/mol. The Morgan fingerprint density at radius 2 is 2.12 bits per heavy atom. The van der Waals surface area contributed by atoms with Crippen molar-refractivity contribution in [3.8, 4) is 0 Å². The first-order chi connectivity index (χ1) is 8.06. The van der Waals surface area contributed by atoms with Gasteiger partial charge in [0.1, 0.15) is 0 Å². The second kappa shape index (κ2) is 7.71. The average molecular weight is 328 g/mol. The molecule has 1 rings (SSSR count). The van der Waals surface area contributed by atoms with E-state index in [1.165, 1.54) is 4.31 Å². The summed E-state index contributed by atoms with van der Waals surface area (Å²) >= 11 is 3.37. The molecule has 0 N–H and O–H groups in total. The van der Waals surface area contributed by atoms with Crippen LogP contribution in [0, 0.1) is 0 Å². The molecule has 0 spiro atoms. The molecule has 6 heteroatoms. The minimum absolute atomic E-state index is 0.0926. The van der Waals surface area contributed by atoms with Crippen LogP contribution < -0.4 is 0 Å². The minimum Gasteiger partial charge on any atom is -0.377 e. The van der Waals surface area contributed by atoms with Crippen LogP contribution in [0.25, 0.3) is 0 Å². The third-order valence-electron chi connectivity index (χ3n) is 3.00. The summed E-state index contributed by atoms with van der Waals surface area (Å²) in [7, 11) is -1.47. The van der Waals surface area contributed by atoms with Gasteiger partial charge in [0.25, 0.3) is 0 Å². The van der Waals surface area contributed by atoms with Crippen LogP contribution in [0.15, 0.2) is 0 Å².